The summed E-state index contributed by atoms with van der Waals surface area (Å²) in [6.07, 6.45) is 2.07. The second-order valence-corrected chi connectivity index (χ2v) is 7.01. The summed E-state index contributed by atoms with van der Waals surface area (Å²) in [4.78, 5) is 14.9. The summed E-state index contributed by atoms with van der Waals surface area (Å²) in [7, 11) is 0. The molecule has 4 nitrogen and oxygen atoms in total. The smallest absolute Gasteiger partial charge is 0.322 e. The number of hydrogen-bond donors (Lipinski definition) is 1. The van der Waals surface area contributed by atoms with Gasteiger partial charge in [0, 0.05) is 35.7 Å². The summed E-state index contributed by atoms with van der Waals surface area (Å²) >= 11 is 6.04. The lowest BCUT2D eigenvalue weighted by Crippen LogP contribution is -2.44. The van der Waals surface area contributed by atoms with Crippen molar-refractivity contribution in [3.8, 4) is 0 Å². The first kappa shape index (κ1) is 16.7. The summed E-state index contributed by atoms with van der Waals surface area (Å²) in [5, 5.41) is 3.58. The van der Waals surface area contributed by atoms with Gasteiger partial charge in [0.05, 0.1) is 6.04 Å². The molecule has 1 aromatic heterocycles. The van der Waals surface area contributed by atoms with E-state index in [1.165, 1.54) is 5.56 Å². The number of aromatic nitrogens is 1. The van der Waals surface area contributed by atoms with Crippen LogP contribution in [0.1, 0.15) is 22.9 Å². The number of fused-ring (bicyclic) bond motifs is 1. The highest BCUT2D eigenvalue weighted by Crippen LogP contribution is 2.33. The van der Waals surface area contributed by atoms with Crippen LogP contribution in [0, 0.1) is 6.92 Å². The van der Waals surface area contributed by atoms with Crippen LogP contribution in [-0.4, -0.2) is 22.0 Å². The van der Waals surface area contributed by atoms with E-state index in [0.717, 1.165) is 17.8 Å². The van der Waals surface area contributed by atoms with E-state index in [-0.39, 0.29) is 12.1 Å². The standard InChI is InChI=1S/C21H20ClN3O/c1-15-7-9-16(10-8-15)20-19-6-3-11-24(19)12-13-25(20)21(26)23-18-5-2-4-17(22)14-18/h2-11,14,20H,12-13H2,1H3,(H,23,26)/t20-/m0/s1. The molecular weight excluding hydrogens is 346 g/mol. The molecule has 0 bridgehead atoms. The number of carbonyl (C=O) groups is 1. The average Bonchev–Trinajstić information content (AvgIpc) is 3.10. The fourth-order valence-corrected chi connectivity index (χ4v) is 3.65. The van der Waals surface area contributed by atoms with E-state index in [0.29, 0.717) is 17.3 Å². The summed E-state index contributed by atoms with van der Waals surface area (Å²) in [5.74, 6) is 0. The number of nitrogens with zero attached hydrogens (tertiary/aromatic N) is 2. The molecule has 1 aliphatic rings. The first-order chi connectivity index (χ1) is 12.6. The van der Waals surface area contributed by atoms with Crippen LogP contribution < -0.4 is 5.32 Å². The Balaban J connectivity index is 1.67. The largest absolute Gasteiger partial charge is 0.348 e. The second kappa shape index (κ2) is 6.89. The Labute approximate surface area is 158 Å². The molecular formula is C21H20ClN3O. The van der Waals surface area contributed by atoms with E-state index in [2.05, 4.69) is 53.3 Å². The Morgan fingerprint density at radius 2 is 1.88 bits per heavy atom. The summed E-state index contributed by atoms with van der Waals surface area (Å²) in [6.45, 7) is 3.50. The number of halogens is 1. The fraction of sp³-hybridized carbons (Fsp3) is 0.190. The molecule has 0 unspecified atom stereocenters. The van der Waals surface area contributed by atoms with Crippen LogP contribution in [0.5, 0.6) is 0 Å². The van der Waals surface area contributed by atoms with Crippen molar-refractivity contribution in [1.29, 1.82) is 0 Å². The molecule has 5 heteroatoms. The molecule has 4 rings (SSSR count). The SMILES string of the molecule is Cc1ccc([C@H]2c3cccn3CCN2C(=O)Nc2cccc(Cl)c2)cc1. The minimum Gasteiger partial charge on any atom is -0.348 e. The molecule has 2 aromatic carbocycles. The van der Waals surface area contributed by atoms with Gasteiger partial charge in [0.2, 0.25) is 0 Å². The number of anilines is 1. The van der Waals surface area contributed by atoms with Gasteiger partial charge in [-0.3, -0.25) is 0 Å². The number of rotatable bonds is 2. The van der Waals surface area contributed by atoms with Crippen molar-refractivity contribution < 1.29 is 4.79 Å². The van der Waals surface area contributed by atoms with Crippen LogP contribution in [0.15, 0.2) is 66.9 Å². The maximum Gasteiger partial charge on any atom is 0.322 e. The molecule has 26 heavy (non-hydrogen) atoms. The van der Waals surface area contributed by atoms with Gasteiger partial charge in [-0.1, -0.05) is 47.5 Å². The molecule has 3 aromatic rings. The number of amides is 2. The van der Waals surface area contributed by atoms with Gasteiger partial charge >= 0.3 is 6.03 Å². The van der Waals surface area contributed by atoms with Gasteiger partial charge in [-0.05, 0) is 42.8 Å². The van der Waals surface area contributed by atoms with E-state index < -0.39 is 0 Å². The number of nitrogens with one attached hydrogen (secondary N) is 1. The second-order valence-electron chi connectivity index (χ2n) is 6.57. The maximum absolute atomic E-state index is 13.0. The highest BCUT2D eigenvalue weighted by molar-refractivity contribution is 6.30. The lowest BCUT2D eigenvalue weighted by atomic mass is 9.99. The highest BCUT2D eigenvalue weighted by atomic mass is 35.5. The highest BCUT2D eigenvalue weighted by Gasteiger charge is 2.32. The van der Waals surface area contributed by atoms with Crippen molar-refractivity contribution in [1.82, 2.24) is 9.47 Å². The normalized spacial score (nSPS) is 16.2. The van der Waals surface area contributed by atoms with Crippen LogP contribution in [0.25, 0.3) is 0 Å². The predicted octanol–water partition coefficient (Wildman–Crippen LogP) is 5.09. The zero-order chi connectivity index (χ0) is 18.1. The van der Waals surface area contributed by atoms with E-state index >= 15 is 0 Å². The van der Waals surface area contributed by atoms with Gasteiger partial charge in [0.25, 0.3) is 0 Å². The van der Waals surface area contributed by atoms with Crippen LogP contribution >= 0.6 is 11.6 Å². The zero-order valence-corrected chi connectivity index (χ0v) is 15.3. The third-order valence-electron chi connectivity index (χ3n) is 4.77. The van der Waals surface area contributed by atoms with Crippen molar-refractivity contribution in [2.45, 2.75) is 19.5 Å². The Morgan fingerprint density at radius 3 is 2.65 bits per heavy atom. The van der Waals surface area contributed by atoms with Gasteiger partial charge in [-0.2, -0.15) is 0 Å². The summed E-state index contributed by atoms with van der Waals surface area (Å²) in [6, 6.07) is 19.5. The van der Waals surface area contributed by atoms with E-state index in [1.54, 1.807) is 12.1 Å². The lowest BCUT2D eigenvalue weighted by molar-refractivity contribution is 0.182. The molecule has 0 saturated heterocycles. The number of aryl methyl sites for hydroxylation is 1. The van der Waals surface area contributed by atoms with Gasteiger partial charge in [-0.25, -0.2) is 4.79 Å². The maximum atomic E-state index is 13.0. The third kappa shape index (κ3) is 3.20. The fourth-order valence-electron chi connectivity index (χ4n) is 3.46. The van der Waals surface area contributed by atoms with E-state index in [9.17, 15) is 4.79 Å². The lowest BCUT2D eigenvalue weighted by Gasteiger charge is -2.37. The van der Waals surface area contributed by atoms with Crippen molar-refractivity contribution in [2.24, 2.45) is 0 Å². The molecule has 1 aliphatic heterocycles. The topological polar surface area (TPSA) is 37.3 Å². The minimum atomic E-state index is -0.120. The monoisotopic (exact) mass is 365 g/mol. The van der Waals surface area contributed by atoms with Crippen LogP contribution in [0.2, 0.25) is 5.02 Å². The third-order valence-corrected chi connectivity index (χ3v) is 5.00. The molecule has 2 amide bonds. The molecule has 0 aliphatic carbocycles. The summed E-state index contributed by atoms with van der Waals surface area (Å²) < 4.78 is 2.22. The Morgan fingerprint density at radius 1 is 1.08 bits per heavy atom. The molecule has 1 atom stereocenters. The number of benzene rings is 2. The minimum absolute atomic E-state index is 0.112. The van der Waals surface area contributed by atoms with Crippen LogP contribution in [-0.2, 0) is 6.54 Å². The number of urea groups is 1. The van der Waals surface area contributed by atoms with Crippen molar-refractivity contribution in [3.05, 3.63) is 88.7 Å². The van der Waals surface area contributed by atoms with E-state index in [4.69, 9.17) is 11.6 Å². The zero-order valence-electron chi connectivity index (χ0n) is 14.5. The van der Waals surface area contributed by atoms with Crippen LogP contribution in [0.3, 0.4) is 0 Å². The molecule has 2 heterocycles. The molecule has 0 saturated carbocycles. The molecule has 0 fully saturated rings. The first-order valence-corrected chi connectivity index (χ1v) is 9.04. The molecule has 0 radical (unpaired) electrons. The van der Waals surface area contributed by atoms with Gasteiger partial charge in [-0.15, -0.1) is 0 Å². The van der Waals surface area contributed by atoms with Gasteiger partial charge in [0.15, 0.2) is 0 Å². The first-order valence-electron chi connectivity index (χ1n) is 8.66. The van der Waals surface area contributed by atoms with E-state index in [1.807, 2.05) is 23.1 Å². The predicted molar refractivity (Wildman–Crippen MR) is 105 cm³/mol. The Bertz CT molecular complexity index is 932. The Kier molecular flexibility index (Phi) is 4.43. The van der Waals surface area contributed by atoms with Crippen LogP contribution in [0.4, 0.5) is 10.5 Å². The van der Waals surface area contributed by atoms with Crippen molar-refractivity contribution >= 4 is 23.3 Å². The average molecular weight is 366 g/mol. The van der Waals surface area contributed by atoms with Crippen molar-refractivity contribution in [2.75, 3.05) is 11.9 Å². The quantitative estimate of drug-likeness (QED) is 0.675. The summed E-state index contributed by atoms with van der Waals surface area (Å²) in [5.41, 5.74) is 4.14. The number of hydrogen-bond acceptors (Lipinski definition) is 1. The molecule has 1 N–H and O–H groups in total. The Hall–Kier alpha value is -2.72. The van der Waals surface area contributed by atoms with Crippen molar-refractivity contribution in [3.63, 3.8) is 0 Å². The number of carbonyl (C=O) groups excluding carboxylic acids is 1. The molecule has 0 spiro atoms. The van der Waals surface area contributed by atoms with Gasteiger partial charge < -0.3 is 14.8 Å². The van der Waals surface area contributed by atoms with Gasteiger partial charge in [0.1, 0.15) is 0 Å². The molecule has 132 valence electrons.